The third kappa shape index (κ3) is 1.84. The van der Waals surface area contributed by atoms with Crippen molar-refractivity contribution in [1.82, 2.24) is 9.78 Å². The average Bonchev–Trinajstić information content (AvgIpc) is 2.55. The molecule has 4 heteroatoms. The van der Waals surface area contributed by atoms with E-state index in [1.165, 1.54) is 19.3 Å². The van der Waals surface area contributed by atoms with Crippen LogP contribution in [0.15, 0.2) is 0 Å². The second-order valence-corrected chi connectivity index (χ2v) is 4.61. The van der Waals surface area contributed by atoms with E-state index in [9.17, 15) is 9.90 Å². The first kappa shape index (κ1) is 11.2. The molecule has 1 aliphatic carbocycles. The fraction of sp³-hybridized carbons (Fsp3) is 0.667. The molecule has 0 spiro atoms. The molecular weight excluding hydrogens is 204 g/mol. The molecule has 1 aliphatic rings. The number of aromatic carboxylic acids is 1. The van der Waals surface area contributed by atoms with Crippen LogP contribution in [0.5, 0.6) is 0 Å². The molecule has 0 aliphatic heterocycles. The fourth-order valence-corrected chi connectivity index (χ4v) is 2.78. The van der Waals surface area contributed by atoms with Crippen LogP contribution in [0, 0.1) is 6.92 Å². The smallest absolute Gasteiger partial charge is 0.339 e. The van der Waals surface area contributed by atoms with E-state index in [2.05, 4.69) is 5.10 Å². The summed E-state index contributed by atoms with van der Waals surface area (Å²) in [6.45, 7) is 1.77. The van der Waals surface area contributed by atoms with Crippen molar-refractivity contribution in [3.63, 3.8) is 0 Å². The second-order valence-electron chi connectivity index (χ2n) is 4.61. The van der Waals surface area contributed by atoms with Crippen molar-refractivity contribution in [3.8, 4) is 0 Å². The molecule has 0 atom stereocenters. The van der Waals surface area contributed by atoms with Gasteiger partial charge in [0.2, 0.25) is 0 Å². The second kappa shape index (κ2) is 4.28. The van der Waals surface area contributed by atoms with Gasteiger partial charge in [-0.3, -0.25) is 4.68 Å². The van der Waals surface area contributed by atoms with E-state index in [0.29, 0.717) is 17.2 Å². The molecular formula is C12H18N2O2. The molecule has 0 amide bonds. The van der Waals surface area contributed by atoms with Crippen molar-refractivity contribution in [2.75, 3.05) is 0 Å². The van der Waals surface area contributed by atoms with Gasteiger partial charge in [0.05, 0.1) is 11.4 Å². The number of hydrogen-bond acceptors (Lipinski definition) is 2. The quantitative estimate of drug-likeness (QED) is 0.836. The minimum atomic E-state index is -0.842. The molecule has 0 radical (unpaired) electrons. The summed E-state index contributed by atoms with van der Waals surface area (Å²) in [7, 11) is 1.85. The SMILES string of the molecule is Cc1nn(C)c(C2CCCCC2)c1C(=O)O. The molecule has 1 aromatic rings. The van der Waals surface area contributed by atoms with Crippen LogP contribution in [0.25, 0.3) is 0 Å². The van der Waals surface area contributed by atoms with E-state index in [4.69, 9.17) is 0 Å². The molecule has 0 saturated heterocycles. The highest BCUT2D eigenvalue weighted by Crippen LogP contribution is 2.34. The molecule has 0 unspecified atom stereocenters. The Hall–Kier alpha value is -1.32. The lowest BCUT2D eigenvalue weighted by Gasteiger charge is -2.22. The Bertz CT molecular complexity index is 403. The van der Waals surface area contributed by atoms with Crippen molar-refractivity contribution in [3.05, 3.63) is 17.0 Å². The van der Waals surface area contributed by atoms with Gasteiger partial charge in [0.15, 0.2) is 0 Å². The zero-order chi connectivity index (χ0) is 11.7. The molecule has 1 aromatic heterocycles. The van der Waals surface area contributed by atoms with E-state index in [0.717, 1.165) is 18.5 Å². The van der Waals surface area contributed by atoms with Crippen LogP contribution in [0.3, 0.4) is 0 Å². The lowest BCUT2D eigenvalue weighted by Crippen LogP contribution is -2.13. The van der Waals surface area contributed by atoms with Crippen LogP contribution in [0.1, 0.15) is 59.8 Å². The van der Waals surface area contributed by atoms with Gasteiger partial charge in [-0.15, -0.1) is 0 Å². The normalized spacial score (nSPS) is 17.6. The first-order valence-electron chi connectivity index (χ1n) is 5.88. The van der Waals surface area contributed by atoms with Crippen LogP contribution in [0.2, 0.25) is 0 Å². The molecule has 88 valence electrons. The molecule has 0 bridgehead atoms. The zero-order valence-corrected chi connectivity index (χ0v) is 9.86. The molecule has 16 heavy (non-hydrogen) atoms. The van der Waals surface area contributed by atoms with Crippen molar-refractivity contribution in [2.45, 2.75) is 44.9 Å². The summed E-state index contributed by atoms with van der Waals surface area (Å²) < 4.78 is 1.76. The Morgan fingerprint density at radius 3 is 2.56 bits per heavy atom. The Kier molecular flexibility index (Phi) is 2.99. The summed E-state index contributed by atoms with van der Waals surface area (Å²) in [5, 5.41) is 13.5. The lowest BCUT2D eigenvalue weighted by molar-refractivity contribution is 0.0693. The predicted octanol–water partition coefficient (Wildman–Crippen LogP) is 2.47. The van der Waals surface area contributed by atoms with Crippen LogP contribution < -0.4 is 0 Å². The van der Waals surface area contributed by atoms with Crippen LogP contribution in [0.4, 0.5) is 0 Å². The van der Waals surface area contributed by atoms with Crippen LogP contribution in [-0.2, 0) is 7.05 Å². The number of aryl methyl sites for hydroxylation is 2. The number of rotatable bonds is 2. The Balaban J connectivity index is 2.41. The molecule has 1 heterocycles. The largest absolute Gasteiger partial charge is 0.478 e. The van der Waals surface area contributed by atoms with Gasteiger partial charge in [0.25, 0.3) is 0 Å². The van der Waals surface area contributed by atoms with Gasteiger partial charge in [0.1, 0.15) is 5.56 Å². The van der Waals surface area contributed by atoms with Gasteiger partial charge in [-0.2, -0.15) is 5.10 Å². The van der Waals surface area contributed by atoms with Crippen molar-refractivity contribution >= 4 is 5.97 Å². The minimum Gasteiger partial charge on any atom is -0.478 e. The molecule has 2 rings (SSSR count). The van der Waals surface area contributed by atoms with Crippen LogP contribution >= 0.6 is 0 Å². The van der Waals surface area contributed by atoms with E-state index >= 15 is 0 Å². The monoisotopic (exact) mass is 222 g/mol. The predicted molar refractivity (Wildman–Crippen MR) is 60.7 cm³/mol. The standard InChI is InChI=1S/C12H18N2O2/c1-8-10(12(15)16)11(14(2)13-8)9-6-4-3-5-7-9/h9H,3-7H2,1-2H3,(H,15,16). The van der Waals surface area contributed by atoms with E-state index in [1.54, 1.807) is 11.6 Å². The van der Waals surface area contributed by atoms with Gasteiger partial charge in [-0.1, -0.05) is 19.3 Å². The third-order valence-electron chi connectivity index (χ3n) is 3.47. The van der Waals surface area contributed by atoms with Crippen LogP contribution in [-0.4, -0.2) is 20.9 Å². The van der Waals surface area contributed by atoms with E-state index in [-0.39, 0.29) is 0 Å². The molecule has 1 N–H and O–H groups in total. The maximum absolute atomic E-state index is 11.2. The maximum atomic E-state index is 11.2. The highest BCUT2D eigenvalue weighted by molar-refractivity contribution is 5.90. The zero-order valence-electron chi connectivity index (χ0n) is 9.86. The highest BCUT2D eigenvalue weighted by atomic mass is 16.4. The van der Waals surface area contributed by atoms with Gasteiger partial charge >= 0.3 is 5.97 Å². The molecule has 1 fully saturated rings. The summed E-state index contributed by atoms with van der Waals surface area (Å²) in [5.74, 6) is -0.461. The summed E-state index contributed by atoms with van der Waals surface area (Å²) in [4.78, 5) is 11.2. The van der Waals surface area contributed by atoms with E-state index < -0.39 is 5.97 Å². The molecule has 4 nitrogen and oxygen atoms in total. The lowest BCUT2D eigenvalue weighted by atomic mass is 9.85. The number of carboxylic acid groups (broad SMARTS) is 1. The summed E-state index contributed by atoms with van der Waals surface area (Å²) in [5.41, 5.74) is 1.98. The average molecular weight is 222 g/mol. The Morgan fingerprint density at radius 1 is 1.38 bits per heavy atom. The summed E-state index contributed by atoms with van der Waals surface area (Å²) in [6.07, 6.45) is 5.87. The molecule has 1 saturated carbocycles. The van der Waals surface area contributed by atoms with Gasteiger partial charge in [-0.05, 0) is 19.8 Å². The van der Waals surface area contributed by atoms with Gasteiger partial charge in [0, 0.05) is 13.0 Å². The number of nitrogens with zero attached hydrogens (tertiary/aromatic N) is 2. The van der Waals surface area contributed by atoms with E-state index in [1.807, 2.05) is 7.05 Å². The number of carbonyl (C=O) groups is 1. The summed E-state index contributed by atoms with van der Waals surface area (Å²) in [6, 6.07) is 0. The first-order valence-corrected chi connectivity index (χ1v) is 5.88. The number of carboxylic acids is 1. The third-order valence-corrected chi connectivity index (χ3v) is 3.47. The molecule has 0 aromatic carbocycles. The fourth-order valence-electron chi connectivity index (χ4n) is 2.78. The number of hydrogen-bond donors (Lipinski definition) is 1. The van der Waals surface area contributed by atoms with Crippen molar-refractivity contribution in [1.29, 1.82) is 0 Å². The maximum Gasteiger partial charge on any atom is 0.339 e. The number of aromatic nitrogens is 2. The minimum absolute atomic E-state index is 0.381. The first-order chi connectivity index (χ1) is 7.61. The van der Waals surface area contributed by atoms with Crippen molar-refractivity contribution < 1.29 is 9.90 Å². The topological polar surface area (TPSA) is 55.1 Å². The Morgan fingerprint density at radius 2 is 2.00 bits per heavy atom. The summed E-state index contributed by atoms with van der Waals surface area (Å²) >= 11 is 0. The Labute approximate surface area is 95.3 Å². The van der Waals surface area contributed by atoms with Gasteiger partial charge in [-0.25, -0.2) is 4.79 Å². The highest BCUT2D eigenvalue weighted by Gasteiger charge is 2.27. The van der Waals surface area contributed by atoms with Gasteiger partial charge < -0.3 is 5.11 Å². The van der Waals surface area contributed by atoms with Crippen molar-refractivity contribution in [2.24, 2.45) is 7.05 Å².